The highest BCUT2D eigenvalue weighted by Crippen LogP contribution is 2.36. The minimum Gasteiger partial charge on any atom is -0.453 e. The van der Waals surface area contributed by atoms with E-state index in [-0.39, 0.29) is 29.8 Å². The maximum atomic E-state index is 13.9. The van der Waals surface area contributed by atoms with Crippen LogP contribution in [0.3, 0.4) is 0 Å². The molecule has 1 saturated carbocycles. The van der Waals surface area contributed by atoms with Crippen LogP contribution in [0.15, 0.2) is 60.9 Å². The van der Waals surface area contributed by atoms with E-state index in [1.165, 1.54) is 14.2 Å². The number of imidazole rings is 2. The van der Waals surface area contributed by atoms with Crippen molar-refractivity contribution in [3.8, 4) is 33.6 Å². The number of aromatic nitrogens is 4. The quantitative estimate of drug-likeness (QED) is 0.131. The predicted molar refractivity (Wildman–Crippen MR) is 216 cm³/mol. The lowest BCUT2D eigenvalue weighted by atomic mass is 9.83. The van der Waals surface area contributed by atoms with Gasteiger partial charge in [-0.05, 0) is 67.2 Å². The summed E-state index contributed by atoms with van der Waals surface area (Å²) in [5.41, 5.74) is 5.75. The molecule has 15 heteroatoms. The molecule has 58 heavy (non-hydrogen) atoms. The van der Waals surface area contributed by atoms with Crippen molar-refractivity contribution in [2.45, 2.75) is 94.8 Å². The van der Waals surface area contributed by atoms with Crippen molar-refractivity contribution in [2.75, 3.05) is 34.0 Å². The van der Waals surface area contributed by atoms with Crippen LogP contribution in [0.5, 0.6) is 0 Å². The summed E-state index contributed by atoms with van der Waals surface area (Å²) >= 11 is 0. The third kappa shape index (κ3) is 9.69. The van der Waals surface area contributed by atoms with Crippen LogP contribution >= 0.6 is 0 Å². The van der Waals surface area contributed by atoms with Gasteiger partial charge in [-0.3, -0.25) is 9.59 Å². The first kappa shape index (κ1) is 40.5. The molecule has 4 amide bonds. The number of nitrogens with zero attached hydrogens (tertiary/aromatic N) is 3. The van der Waals surface area contributed by atoms with Crippen molar-refractivity contribution in [1.82, 2.24) is 40.8 Å². The van der Waals surface area contributed by atoms with E-state index in [0.717, 1.165) is 97.3 Å². The molecule has 3 fully saturated rings. The number of hydrogen-bond acceptors (Lipinski definition) is 9. The Morgan fingerprint density at radius 1 is 0.690 bits per heavy atom. The minimum atomic E-state index is -0.706. The van der Waals surface area contributed by atoms with E-state index in [1.54, 1.807) is 6.20 Å². The summed E-state index contributed by atoms with van der Waals surface area (Å²) in [5, 5.41) is 8.63. The van der Waals surface area contributed by atoms with Gasteiger partial charge in [-0.15, -0.1) is 0 Å². The van der Waals surface area contributed by atoms with Gasteiger partial charge in [0.25, 0.3) is 0 Å². The molecule has 0 unspecified atom stereocenters. The van der Waals surface area contributed by atoms with Gasteiger partial charge in [0.05, 0.1) is 56.0 Å². The normalized spacial score (nSPS) is 23.2. The smallest absolute Gasteiger partial charge is 0.407 e. The van der Waals surface area contributed by atoms with Gasteiger partial charge in [-0.25, -0.2) is 19.6 Å². The number of ether oxygens (including phenoxy) is 3. The first-order valence-electron chi connectivity index (χ1n) is 20.5. The Morgan fingerprint density at radius 3 is 1.98 bits per heavy atom. The van der Waals surface area contributed by atoms with Crippen LogP contribution in [-0.2, 0) is 23.8 Å². The SMILES string of the molecule is COC(=O)N[C@H]1CCCCCOCC[C@@H](c2ncc(-c3ccc(-c4ccc(-c5cnc([C@@H]6CCCN6C(=O)[C@@H]6CCCC[C@H]6NC(=O)OC)[nH]5)cc4)cc3)[nH]2)NC1=O. The Bertz CT molecular complexity index is 2010. The summed E-state index contributed by atoms with van der Waals surface area (Å²) in [6, 6.07) is 15.0. The molecular weight excluding hydrogens is 741 g/mol. The summed E-state index contributed by atoms with van der Waals surface area (Å²) in [6.45, 7) is 1.77. The first-order valence-corrected chi connectivity index (χ1v) is 20.5. The molecule has 0 bridgehead atoms. The van der Waals surface area contributed by atoms with Crippen LogP contribution in [0.2, 0.25) is 0 Å². The number of aromatic amines is 2. The Balaban J connectivity index is 0.991. The van der Waals surface area contributed by atoms with Crippen molar-refractivity contribution in [2.24, 2.45) is 5.92 Å². The van der Waals surface area contributed by atoms with Crippen LogP contribution in [0.1, 0.15) is 94.4 Å². The van der Waals surface area contributed by atoms with Gasteiger partial charge in [0, 0.05) is 25.8 Å². The topological polar surface area (TPSA) is 193 Å². The van der Waals surface area contributed by atoms with Gasteiger partial charge in [0.15, 0.2) is 0 Å². The standard InChI is InChI=1S/C43H54N8O7/c1-56-42(54)49-32-10-6-5-9-31(32)41(53)51-22-8-12-37(51)39-45-26-36(47-39)30-19-15-28(16-20-30)27-13-17-29(18-14-27)35-25-44-38(46-35)33-21-24-58-23-7-3-4-11-34(40(52)48-33)50-43(55)57-2/h13-20,25-26,31-34,37H,3-12,21-24H2,1-2H3,(H,44,46)(H,45,47)(H,48,52)(H,49,54)(H,50,55)/t31-,32-,33+,34+,37+/m1/s1. The van der Waals surface area contributed by atoms with Crippen LogP contribution in [-0.4, -0.2) is 94.9 Å². The second-order valence-corrected chi connectivity index (χ2v) is 15.3. The van der Waals surface area contributed by atoms with Crippen LogP contribution in [0, 0.1) is 5.92 Å². The lowest BCUT2D eigenvalue weighted by Gasteiger charge is -2.35. The summed E-state index contributed by atoms with van der Waals surface area (Å²) in [7, 11) is 2.63. The predicted octanol–water partition coefficient (Wildman–Crippen LogP) is 6.57. The number of likely N-dealkylation sites (tertiary alicyclic amines) is 1. The number of benzene rings is 2. The molecule has 15 nitrogen and oxygen atoms in total. The number of amides is 4. The lowest BCUT2D eigenvalue weighted by Crippen LogP contribution is -2.49. The molecule has 2 aromatic carbocycles. The molecule has 3 aliphatic rings. The molecule has 4 heterocycles. The molecule has 2 saturated heterocycles. The van der Waals surface area contributed by atoms with E-state index >= 15 is 0 Å². The van der Waals surface area contributed by atoms with E-state index in [4.69, 9.17) is 19.2 Å². The number of carbonyl (C=O) groups is 4. The highest BCUT2D eigenvalue weighted by molar-refractivity contribution is 5.86. The zero-order chi connectivity index (χ0) is 40.4. The van der Waals surface area contributed by atoms with Crippen LogP contribution in [0.4, 0.5) is 9.59 Å². The molecule has 2 aliphatic heterocycles. The second-order valence-electron chi connectivity index (χ2n) is 15.3. The van der Waals surface area contributed by atoms with Gasteiger partial charge in [0.2, 0.25) is 11.8 Å². The summed E-state index contributed by atoms with van der Waals surface area (Å²) < 4.78 is 15.4. The molecule has 0 spiro atoms. The number of rotatable bonds is 8. The van der Waals surface area contributed by atoms with Gasteiger partial charge in [0.1, 0.15) is 17.7 Å². The van der Waals surface area contributed by atoms with E-state index in [2.05, 4.69) is 67.3 Å². The molecule has 4 aromatic rings. The lowest BCUT2D eigenvalue weighted by molar-refractivity contribution is -0.138. The molecule has 0 radical (unpaired) electrons. The van der Waals surface area contributed by atoms with Crippen molar-refractivity contribution in [3.63, 3.8) is 0 Å². The first-order chi connectivity index (χ1) is 28.3. The highest BCUT2D eigenvalue weighted by atomic mass is 16.5. The van der Waals surface area contributed by atoms with E-state index in [9.17, 15) is 19.2 Å². The molecule has 5 N–H and O–H groups in total. The van der Waals surface area contributed by atoms with Gasteiger partial charge in [-0.1, -0.05) is 74.2 Å². The zero-order valence-corrected chi connectivity index (χ0v) is 33.3. The number of nitrogens with one attached hydrogen (secondary N) is 5. The van der Waals surface area contributed by atoms with Crippen molar-refractivity contribution in [3.05, 3.63) is 72.6 Å². The number of alkyl carbamates (subject to hydrolysis) is 2. The Labute approximate surface area is 338 Å². The number of methoxy groups -OCH3 is 2. The van der Waals surface area contributed by atoms with Crippen LogP contribution in [0.25, 0.3) is 33.6 Å². The number of carbonyl (C=O) groups excluding carboxylic acids is 4. The van der Waals surface area contributed by atoms with Crippen molar-refractivity contribution >= 4 is 24.0 Å². The Kier molecular flexibility index (Phi) is 13.4. The van der Waals surface area contributed by atoms with E-state index < -0.39 is 24.3 Å². The fourth-order valence-electron chi connectivity index (χ4n) is 8.39. The van der Waals surface area contributed by atoms with Gasteiger partial charge >= 0.3 is 12.2 Å². The molecule has 5 atom stereocenters. The van der Waals surface area contributed by atoms with Crippen molar-refractivity contribution < 1.29 is 33.4 Å². The molecule has 7 rings (SSSR count). The Hall–Kier alpha value is -5.70. The average molecular weight is 795 g/mol. The molecule has 308 valence electrons. The second kappa shape index (κ2) is 19.2. The Morgan fingerprint density at radius 2 is 1.29 bits per heavy atom. The third-order valence-corrected chi connectivity index (χ3v) is 11.6. The van der Waals surface area contributed by atoms with E-state index in [1.807, 2.05) is 23.2 Å². The largest absolute Gasteiger partial charge is 0.453 e. The summed E-state index contributed by atoms with van der Waals surface area (Å²) in [6.07, 6.45) is 11.2. The molecule has 2 aromatic heterocycles. The fraction of sp³-hybridized carbons (Fsp3) is 0.488. The highest BCUT2D eigenvalue weighted by Gasteiger charge is 2.40. The van der Waals surface area contributed by atoms with E-state index in [0.29, 0.717) is 38.4 Å². The summed E-state index contributed by atoms with van der Waals surface area (Å²) in [5.74, 6) is 0.904. The van der Waals surface area contributed by atoms with Crippen LogP contribution < -0.4 is 16.0 Å². The van der Waals surface area contributed by atoms with Gasteiger partial charge in [-0.2, -0.15) is 0 Å². The minimum absolute atomic E-state index is 0.0735. The van der Waals surface area contributed by atoms with Crippen molar-refractivity contribution in [1.29, 1.82) is 0 Å². The summed E-state index contributed by atoms with van der Waals surface area (Å²) in [4.78, 5) is 69.3. The number of H-pyrrole nitrogens is 2. The van der Waals surface area contributed by atoms with Gasteiger partial charge < -0.3 is 45.0 Å². The molecule has 1 aliphatic carbocycles. The number of hydrogen-bond donors (Lipinski definition) is 5. The monoisotopic (exact) mass is 794 g/mol. The molecular formula is C43H54N8O7. The third-order valence-electron chi connectivity index (χ3n) is 11.6. The zero-order valence-electron chi connectivity index (χ0n) is 33.3. The maximum Gasteiger partial charge on any atom is 0.407 e. The fourth-order valence-corrected chi connectivity index (χ4v) is 8.39. The maximum absolute atomic E-state index is 13.9. The average Bonchev–Trinajstić information content (AvgIpc) is 4.05.